The van der Waals surface area contributed by atoms with Crippen molar-refractivity contribution in [1.29, 1.82) is 5.26 Å². The van der Waals surface area contributed by atoms with Crippen LogP contribution in [0, 0.1) is 26.9 Å². The number of aliphatic carboxylic acids is 1. The maximum absolute atomic E-state index is 10.9. The van der Waals surface area contributed by atoms with Gasteiger partial charge in [0.25, 0.3) is 0 Å². The first kappa shape index (κ1) is 14.4. The highest BCUT2D eigenvalue weighted by atomic mass is 16.6. The highest BCUT2D eigenvalue weighted by molar-refractivity contribution is 5.73. The number of nitro groups is 1. The third-order valence-corrected chi connectivity index (χ3v) is 2.45. The van der Waals surface area contributed by atoms with Gasteiger partial charge >= 0.3 is 11.7 Å². The normalized spacial score (nSPS) is 10.6. The second-order valence-corrected chi connectivity index (χ2v) is 4.53. The number of nitrogens with zero attached hydrogens (tertiary/aromatic N) is 2. The highest BCUT2D eigenvalue weighted by Gasteiger charge is 2.29. The van der Waals surface area contributed by atoms with Gasteiger partial charge in [-0.2, -0.15) is 5.26 Å². The number of carboxylic acids is 1. The fraction of sp³-hybridized carbons (Fsp3) is 0.333. The van der Waals surface area contributed by atoms with E-state index in [2.05, 4.69) is 0 Å². The minimum Gasteiger partial charge on any atom is -0.486 e. The van der Waals surface area contributed by atoms with E-state index < -0.39 is 16.3 Å². The first-order valence-corrected chi connectivity index (χ1v) is 5.32. The van der Waals surface area contributed by atoms with Crippen molar-refractivity contribution < 1.29 is 19.6 Å². The first-order chi connectivity index (χ1) is 8.77. The number of hydrogen-bond acceptors (Lipinski definition) is 5. The molecule has 0 saturated heterocycles. The van der Waals surface area contributed by atoms with Crippen molar-refractivity contribution in [2.24, 2.45) is 5.41 Å². The molecule has 0 unspecified atom stereocenters. The summed E-state index contributed by atoms with van der Waals surface area (Å²) in [4.78, 5) is 21.1. The van der Waals surface area contributed by atoms with E-state index in [-0.39, 0.29) is 23.6 Å². The summed E-state index contributed by atoms with van der Waals surface area (Å²) in [6.07, 6.45) is 0. The molecule has 0 aliphatic rings. The van der Waals surface area contributed by atoms with Crippen molar-refractivity contribution in [3.63, 3.8) is 0 Å². The largest absolute Gasteiger partial charge is 0.486 e. The number of rotatable bonds is 5. The predicted molar refractivity (Wildman–Crippen MR) is 64.7 cm³/mol. The molecule has 0 saturated carbocycles. The fourth-order valence-corrected chi connectivity index (χ4v) is 1.17. The summed E-state index contributed by atoms with van der Waals surface area (Å²) in [6.45, 7) is 2.69. The van der Waals surface area contributed by atoms with Crippen LogP contribution in [0.15, 0.2) is 18.2 Å². The SMILES string of the molecule is CC(C)(COc1ccc(C#N)cc1[N+](=O)[O-])C(=O)O. The highest BCUT2D eigenvalue weighted by Crippen LogP contribution is 2.29. The van der Waals surface area contributed by atoms with Crippen molar-refractivity contribution >= 4 is 11.7 Å². The molecule has 1 N–H and O–H groups in total. The molecule has 0 fully saturated rings. The van der Waals surface area contributed by atoms with Crippen molar-refractivity contribution in [2.45, 2.75) is 13.8 Å². The minimum atomic E-state index is -1.16. The van der Waals surface area contributed by atoms with Gasteiger partial charge < -0.3 is 9.84 Å². The average molecular weight is 264 g/mol. The summed E-state index contributed by atoms with van der Waals surface area (Å²) in [7, 11) is 0. The average Bonchev–Trinajstić information content (AvgIpc) is 2.35. The summed E-state index contributed by atoms with van der Waals surface area (Å²) in [5, 5.41) is 28.4. The first-order valence-electron chi connectivity index (χ1n) is 5.32. The molecule has 1 aromatic carbocycles. The second-order valence-electron chi connectivity index (χ2n) is 4.53. The standard InChI is InChI=1S/C12H12N2O5/c1-12(2,11(15)16)7-19-10-4-3-8(6-13)5-9(10)14(17)18/h3-5H,7H2,1-2H3,(H,15,16). The Morgan fingerprint density at radius 2 is 2.21 bits per heavy atom. The Morgan fingerprint density at radius 1 is 1.58 bits per heavy atom. The topological polar surface area (TPSA) is 113 Å². The molecule has 7 nitrogen and oxygen atoms in total. The molecule has 7 heteroatoms. The molecule has 0 aliphatic carbocycles. The zero-order chi connectivity index (χ0) is 14.6. The van der Waals surface area contributed by atoms with Crippen molar-refractivity contribution in [3.05, 3.63) is 33.9 Å². The molecule has 0 bridgehead atoms. The van der Waals surface area contributed by atoms with Gasteiger partial charge in [-0.1, -0.05) is 0 Å². The summed E-state index contributed by atoms with van der Waals surface area (Å²) < 4.78 is 5.19. The number of benzene rings is 1. The van der Waals surface area contributed by atoms with Crippen LogP contribution in [-0.2, 0) is 4.79 Å². The van der Waals surface area contributed by atoms with Gasteiger partial charge in [-0.25, -0.2) is 0 Å². The summed E-state index contributed by atoms with van der Waals surface area (Å²) in [6, 6.07) is 5.53. The monoisotopic (exact) mass is 264 g/mol. The van der Waals surface area contributed by atoms with Crippen LogP contribution in [-0.4, -0.2) is 22.6 Å². The molecule has 0 radical (unpaired) electrons. The van der Waals surface area contributed by atoms with Crippen LogP contribution in [0.25, 0.3) is 0 Å². The quantitative estimate of drug-likeness (QED) is 0.642. The molecule has 0 aromatic heterocycles. The lowest BCUT2D eigenvalue weighted by Gasteiger charge is -2.19. The van der Waals surface area contributed by atoms with Crippen LogP contribution in [0.2, 0.25) is 0 Å². The number of hydrogen-bond donors (Lipinski definition) is 1. The Kier molecular flexibility index (Phi) is 4.07. The van der Waals surface area contributed by atoms with Crippen LogP contribution in [0.1, 0.15) is 19.4 Å². The summed E-state index contributed by atoms with van der Waals surface area (Å²) in [5.41, 5.74) is -1.39. The lowest BCUT2D eigenvalue weighted by molar-refractivity contribution is -0.386. The second kappa shape index (κ2) is 5.35. The maximum atomic E-state index is 10.9. The molecule has 1 rings (SSSR count). The summed E-state index contributed by atoms with van der Waals surface area (Å²) in [5.74, 6) is -1.12. The Hall–Kier alpha value is -2.62. The zero-order valence-corrected chi connectivity index (χ0v) is 10.4. The number of nitriles is 1. The van der Waals surface area contributed by atoms with Gasteiger partial charge in [0.15, 0.2) is 5.75 Å². The molecule has 0 heterocycles. The van der Waals surface area contributed by atoms with E-state index in [1.54, 1.807) is 6.07 Å². The molecule has 1 aromatic rings. The van der Waals surface area contributed by atoms with Gasteiger partial charge in [0, 0.05) is 6.07 Å². The molecular formula is C12H12N2O5. The van der Waals surface area contributed by atoms with Crippen LogP contribution in [0.3, 0.4) is 0 Å². The van der Waals surface area contributed by atoms with Gasteiger partial charge in [0.1, 0.15) is 6.61 Å². The van der Waals surface area contributed by atoms with E-state index in [0.29, 0.717) is 0 Å². The Labute approximate surface area is 109 Å². The Morgan fingerprint density at radius 3 is 2.68 bits per heavy atom. The van der Waals surface area contributed by atoms with E-state index in [4.69, 9.17) is 15.1 Å². The van der Waals surface area contributed by atoms with Crippen molar-refractivity contribution in [2.75, 3.05) is 6.61 Å². The molecule has 0 spiro atoms. The van der Waals surface area contributed by atoms with Gasteiger partial charge in [-0.15, -0.1) is 0 Å². The third-order valence-electron chi connectivity index (χ3n) is 2.45. The van der Waals surface area contributed by atoms with Gasteiger partial charge in [0.2, 0.25) is 0 Å². The molecule has 19 heavy (non-hydrogen) atoms. The number of nitro benzene ring substituents is 1. The molecular weight excluding hydrogens is 252 g/mol. The van der Waals surface area contributed by atoms with Crippen LogP contribution >= 0.6 is 0 Å². The smallest absolute Gasteiger partial charge is 0.312 e. The van der Waals surface area contributed by atoms with Crippen LogP contribution in [0.5, 0.6) is 5.75 Å². The van der Waals surface area contributed by atoms with Gasteiger partial charge in [0.05, 0.1) is 22.0 Å². The van der Waals surface area contributed by atoms with E-state index in [1.807, 2.05) is 0 Å². The Bertz CT molecular complexity index is 560. The van der Waals surface area contributed by atoms with E-state index in [0.717, 1.165) is 6.07 Å². The van der Waals surface area contributed by atoms with Crippen molar-refractivity contribution in [1.82, 2.24) is 0 Å². The van der Waals surface area contributed by atoms with Crippen LogP contribution < -0.4 is 4.74 Å². The zero-order valence-electron chi connectivity index (χ0n) is 10.4. The van der Waals surface area contributed by atoms with E-state index in [1.165, 1.54) is 26.0 Å². The number of carboxylic acid groups (broad SMARTS) is 1. The van der Waals surface area contributed by atoms with Crippen molar-refractivity contribution in [3.8, 4) is 11.8 Å². The predicted octanol–water partition coefficient (Wildman–Crippen LogP) is 1.96. The minimum absolute atomic E-state index is 0.0571. The van der Waals surface area contributed by atoms with Gasteiger partial charge in [-0.3, -0.25) is 14.9 Å². The van der Waals surface area contributed by atoms with E-state index >= 15 is 0 Å². The lowest BCUT2D eigenvalue weighted by atomic mass is 9.95. The summed E-state index contributed by atoms with van der Waals surface area (Å²) >= 11 is 0. The third kappa shape index (κ3) is 3.42. The molecule has 0 aliphatic heterocycles. The maximum Gasteiger partial charge on any atom is 0.312 e. The molecule has 0 amide bonds. The molecule has 100 valence electrons. The number of ether oxygens (including phenoxy) is 1. The Balaban J connectivity index is 2.99. The van der Waals surface area contributed by atoms with Crippen LogP contribution in [0.4, 0.5) is 5.69 Å². The lowest BCUT2D eigenvalue weighted by Crippen LogP contribution is -2.30. The molecule has 0 atom stereocenters. The number of carbonyl (C=O) groups is 1. The van der Waals surface area contributed by atoms with Gasteiger partial charge in [-0.05, 0) is 26.0 Å². The van der Waals surface area contributed by atoms with E-state index in [9.17, 15) is 14.9 Å². The fourth-order valence-electron chi connectivity index (χ4n) is 1.17.